The van der Waals surface area contributed by atoms with E-state index in [0.717, 1.165) is 16.7 Å². The fourth-order valence-corrected chi connectivity index (χ4v) is 2.32. The van der Waals surface area contributed by atoms with Crippen molar-refractivity contribution in [3.63, 3.8) is 0 Å². The van der Waals surface area contributed by atoms with Crippen LogP contribution in [0, 0.1) is 0 Å². The van der Waals surface area contributed by atoms with E-state index in [-0.39, 0.29) is 35.9 Å². The first-order chi connectivity index (χ1) is 8.96. The molecule has 1 rings (SSSR count). The Bertz CT molecular complexity index is 438. The molecule has 1 aromatic rings. The lowest BCUT2D eigenvalue weighted by Crippen LogP contribution is -2.27. The summed E-state index contributed by atoms with van der Waals surface area (Å²) in [5.41, 5.74) is 8.52. The van der Waals surface area contributed by atoms with Gasteiger partial charge in [-0.05, 0) is 33.9 Å². The van der Waals surface area contributed by atoms with Gasteiger partial charge in [0.25, 0.3) is 0 Å². The normalized spacial score (nSPS) is 13.7. The second kappa shape index (κ2) is 6.99. The third-order valence-corrected chi connectivity index (χ3v) is 3.52. The van der Waals surface area contributed by atoms with Gasteiger partial charge in [-0.2, -0.15) is 0 Å². The first-order valence-electron chi connectivity index (χ1n) is 7.20. The van der Waals surface area contributed by atoms with E-state index < -0.39 is 0 Å². The van der Waals surface area contributed by atoms with Crippen LogP contribution < -0.4 is 5.73 Å². The molecule has 0 aliphatic heterocycles. The van der Waals surface area contributed by atoms with E-state index in [1.165, 1.54) is 0 Å². The molecule has 0 aliphatic rings. The SMILES string of the molecule is CC(C)(C)c1cc(CC(N)CO)cc(C(C)(C)C)c1O.Cl. The third-order valence-electron chi connectivity index (χ3n) is 3.52. The Hall–Kier alpha value is -0.770. The highest BCUT2D eigenvalue weighted by atomic mass is 35.5. The predicted molar refractivity (Wildman–Crippen MR) is 91.5 cm³/mol. The maximum Gasteiger partial charge on any atom is 0.123 e. The summed E-state index contributed by atoms with van der Waals surface area (Å²) in [6.07, 6.45) is 0.614. The number of aliphatic hydroxyl groups is 1. The highest BCUT2D eigenvalue weighted by Gasteiger charge is 2.26. The minimum atomic E-state index is -0.264. The van der Waals surface area contributed by atoms with Crippen LogP contribution in [0.15, 0.2) is 12.1 Å². The third kappa shape index (κ3) is 5.17. The fraction of sp³-hybridized carbons (Fsp3) is 0.647. The van der Waals surface area contributed by atoms with E-state index in [0.29, 0.717) is 12.2 Å². The number of rotatable bonds is 3. The molecule has 0 heterocycles. The van der Waals surface area contributed by atoms with Crippen LogP contribution in [0.25, 0.3) is 0 Å². The Morgan fingerprint density at radius 1 is 1.00 bits per heavy atom. The molecular formula is C17H30ClNO2. The van der Waals surface area contributed by atoms with Crippen molar-refractivity contribution in [2.45, 2.75) is 64.8 Å². The zero-order valence-electron chi connectivity index (χ0n) is 14.0. The molecule has 0 saturated carbocycles. The number of halogens is 1. The van der Waals surface area contributed by atoms with Crippen molar-refractivity contribution in [3.8, 4) is 5.75 Å². The molecule has 0 bridgehead atoms. The van der Waals surface area contributed by atoms with Crippen LogP contribution in [0.5, 0.6) is 5.75 Å². The van der Waals surface area contributed by atoms with E-state index in [1.54, 1.807) is 0 Å². The molecule has 1 unspecified atom stereocenters. The molecule has 4 N–H and O–H groups in total. The minimum absolute atomic E-state index is 0. The second-order valence-electron chi connectivity index (χ2n) is 7.69. The Morgan fingerprint density at radius 3 is 1.67 bits per heavy atom. The number of hydrogen-bond donors (Lipinski definition) is 3. The maximum atomic E-state index is 10.6. The molecule has 3 nitrogen and oxygen atoms in total. The van der Waals surface area contributed by atoms with Crippen LogP contribution in [0.3, 0.4) is 0 Å². The Balaban J connectivity index is 0.00000400. The molecule has 4 heteroatoms. The number of aliphatic hydroxyl groups excluding tert-OH is 1. The zero-order valence-corrected chi connectivity index (χ0v) is 14.8. The van der Waals surface area contributed by atoms with Crippen LogP contribution in [-0.2, 0) is 17.3 Å². The summed E-state index contributed by atoms with van der Waals surface area (Å²) in [4.78, 5) is 0. The molecule has 21 heavy (non-hydrogen) atoms. The lowest BCUT2D eigenvalue weighted by molar-refractivity contribution is 0.265. The highest BCUT2D eigenvalue weighted by molar-refractivity contribution is 5.85. The van der Waals surface area contributed by atoms with Gasteiger partial charge in [0.1, 0.15) is 5.75 Å². The van der Waals surface area contributed by atoms with Gasteiger partial charge in [0, 0.05) is 6.04 Å². The molecule has 0 saturated heterocycles. The minimum Gasteiger partial charge on any atom is -0.507 e. The van der Waals surface area contributed by atoms with Crippen LogP contribution >= 0.6 is 12.4 Å². The summed E-state index contributed by atoms with van der Waals surface area (Å²) >= 11 is 0. The van der Waals surface area contributed by atoms with Crippen molar-refractivity contribution in [2.24, 2.45) is 5.73 Å². The van der Waals surface area contributed by atoms with Gasteiger partial charge in [0.15, 0.2) is 0 Å². The molecule has 0 aliphatic carbocycles. The molecule has 0 radical (unpaired) electrons. The van der Waals surface area contributed by atoms with Crippen molar-refractivity contribution >= 4 is 12.4 Å². The topological polar surface area (TPSA) is 66.5 Å². The van der Waals surface area contributed by atoms with Gasteiger partial charge in [-0.15, -0.1) is 12.4 Å². The van der Waals surface area contributed by atoms with Crippen LogP contribution in [0.4, 0.5) is 0 Å². The number of hydrogen-bond acceptors (Lipinski definition) is 3. The maximum absolute atomic E-state index is 10.6. The molecule has 0 spiro atoms. The Morgan fingerprint density at radius 2 is 1.38 bits per heavy atom. The lowest BCUT2D eigenvalue weighted by Gasteiger charge is -2.28. The van der Waals surface area contributed by atoms with Crippen molar-refractivity contribution in [1.29, 1.82) is 0 Å². The lowest BCUT2D eigenvalue weighted by atomic mass is 9.78. The molecule has 0 fully saturated rings. The van der Waals surface area contributed by atoms with E-state index >= 15 is 0 Å². The monoisotopic (exact) mass is 315 g/mol. The highest BCUT2D eigenvalue weighted by Crippen LogP contribution is 2.39. The second-order valence-corrected chi connectivity index (χ2v) is 7.69. The average molecular weight is 316 g/mol. The summed E-state index contributed by atoms with van der Waals surface area (Å²) in [7, 11) is 0. The molecule has 1 atom stereocenters. The molecule has 122 valence electrons. The van der Waals surface area contributed by atoms with Gasteiger partial charge in [0.2, 0.25) is 0 Å². The van der Waals surface area contributed by atoms with Crippen molar-refractivity contribution < 1.29 is 10.2 Å². The van der Waals surface area contributed by atoms with E-state index in [2.05, 4.69) is 41.5 Å². The molecular weight excluding hydrogens is 286 g/mol. The van der Waals surface area contributed by atoms with E-state index in [1.807, 2.05) is 12.1 Å². The van der Waals surface area contributed by atoms with Gasteiger partial charge in [-0.25, -0.2) is 0 Å². The van der Waals surface area contributed by atoms with Gasteiger partial charge in [0.05, 0.1) is 6.61 Å². The van der Waals surface area contributed by atoms with Crippen LogP contribution in [0.2, 0.25) is 0 Å². The van der Waals surface area contributed by atoms with Crippen molar-refractivity contribution in [1.82, 2.24) is 0 Å². The van der Waals surface area contributed by atoms with Gasteiger partial charge in [-0.1, -0.05) is 53.7 Å². The summed E-state index contributed by atoms with van der Waals surface area (Å²) in [6.45, 7) is 12.5. The van der Waals surface area contributed by atoms with Crippen molar-refractivity contribution in [2.75, 3.05) is 6.61 Å². The summed E-state index contributed by atoms with van der Waals surface area (Å²) in [6, 6.07) is 3.76. The predicted octanol–water partition coefficient (Wildman–Crippen LogP) is 3.27. The number of benzene rings is 1. The zero-order chi connectivity index (χ0) is 15.7. The number of nitrogens with two attached hydrogens (primary N) is 1. The molecule has 0 aromatic heterocycles. The standard InChI is InChI=1S/C17H29NO2.ClH/c1-16(2,3)13-8-11(7-12(18)10-19)9-14(15(13)20)17(4,5)6;/h8-9,12,19-20H,7,10,18H2,1-6H3;1H. The molecule has 1 aromatic carbocycles. The first kappa shape index (κ1) is 20.2. The van der Waals surface area contributed by atoms with Gasteiger partial charge >= 0.3 is 0 Å². The van der Waals surface area contributed by atoms with Crippen LogP contribution in [0.1, 0.15) is 58.2 Å². The smallest absolute Gasteiger partial charge is 0.123 e. The fourth-order valence-electron chi connectivity index (χ4n) is 2.32. The number of phenols is 1. The summed E-state index contributed by atoms with van der Waals surface area (Å²) in [5, 5.41) is 19.7. The van der Waals surface area contributed by atoms with E-state index in [9.17, 15) is 5.11 Å². The van der Waals surface area contributed by atoms with Gasteiger partial charge in [-0.3, -0.25) is 0 Å². The summed E-state index contributed by atoms with van der Waals surface area (Å²) < 4.78 is 0. The molecule has 0 amide bonds. The number of phenolic OH excluding ortho intramolecular Hbond substituents is 1. The quantitative estimate of drug-likeness (QED) is 0.802. The number of aromatic hydroxyl groups is 1. The Labute approximate surface area is 135 Å². The van der Waals surface area contributed by atoms with Crippen LogP contribution in [-0.4, -0.2) is 22.9 Å². The van der Waals surface area contributed by atoms with Gasteiger partial charge < -0.3 is 15.9 Å². The Kier molecular flexibility index (Phi) is 6.74. The largest absolute Gasteiger partial charge is 0.507 e. The average Bonchev–Trinajstić information content (AvgIpc) is 2.28. The summed E-state index contributed by atoms with van der Waals surface area (Å²) in [5.74, 6) is 0.381. The van der Waals surface area contributed by atoms with Crippen molar-refractivity contribution in [3.05, 3.63) is 28.8 Å². The first-order valence-corrected chi connectivity index (χ1v) is 7.20. The van der Waals surface area contributed by atoms with E-state index in [4.69, 9.17) is 10.8 Å².